The third-order valence-electron chi connectivity index (χ3n) is 4.25. The molecule has 5 heteroatoms. The zero-order valence-corrected chi connectivity index (χ0v) is 11.6. The van der Waals surface area contributed by atoms with Crippen molar-refractivity contribution < 1.29 is 4.79 Å². The van der Waals surface area contributed by atoms with Crippen molar-refractivity contribution in [2.75, 3.05) is 11.4 Å². The summed E-state index contributed by atoms with van der Waals surface area (Å²) in [6.07, 6.45) is 7.24. The summed E-state index contributed by atoms with van der Waals surface area (Å²) in [7, 11) is 0. The van der Waals surface area contributed by atoms with Gasteiger partial charge in [-0.25, -0.2) is 4.98 Å². The monoisotopic (exact) mass is 280 g/mol. The highest BCUT2D eigenvalue weighted by Gasteiger charge is 2.49. The zero-order valence-electron chi connectivity index (χ0n) is 11.6. The van der Waals surface area contributed by atoms with Crippen LogP contribution in [0.3, 0.4) is 0 Å². The van der Waals surface area contributed by atoms with Gasteiger partial charge in [0.25, 0.3) is 0 Å². The van der Waals surface area contributed by atoms with Crippen molar-refractivity contribution in [3.05, 3.63) is 54.5 Å². The van der Waals surface area contributed by atoms with Gasteiger partial charge in [0.15, 0.2) is 0 Å². The summed E-state index contributed by atoms with van der Waals surface area (Å²) in [6.45, 7) is 0.944. The highest BCUT2D eigenvalue weighted by atomic mass is 16.2. The molecule has 2 aromatic rings. The Morgan fingerprint density at radius 3 is 2.86 bits per heavy atom. The van der Waals surface area contributed by atoms with Gasteiger partial charge in [0.1, 0.15) is 12.0 Å². The predicted molar refractivity (Wildman–Crippen MR) is 78.4 cm³/mol. The molecular formula is C16H16N4O. The Kier molecular flexibility index (Phi) is 2.93. The molecule has 0 radical (unpaired) electrons. The van der Waals surface area contributed by atoms with Crippen LogP contribution in [0.1, 0.15) is 24.6 Å². The van der Waals surface area contributed by atoms with Crippen LogP contribution in [0.4, 0.5) is 5.82 Å². The summed E-state index contributed by atoms with van der Waals surface area (Å²) in [5.74, 6) is 0.866. The van der Waals surface area contributed by atoms with Gasteiger partial charge in [0.05, 0.1) is 6.04 Å². The van der Waals surface area contributed by atoms with Gasteiger partial charge in [-0.3, -0.25) is 19.6 Å². The molecule has 21 heavy (non-hydrogen) atoms. The van der Waals surface area contributed by atoms with Crippen LogP contribution in [0.25, 0.3) is 0 Å². The van der Waals surface area contributed by atoms with Crippen molar-refractivity contribution in [1.82, 2.24) is 14.9 Å². The molecule has 2 aliphatic heterocycles. The van der Waals surface area contributed by atoms with Crippen LogP contribution in [0, 0.1) is 0 Å². The molecule has 2 fully saturated rings. The number of anilines is 1. The number of rotatable bonds is 2. The lowest BCUT2D eigenvalue weighted by molar-refractivity contribution is -0.119. The second-order valence-corrected chi connectivity index (χ2v) is 5.45. The summed E-state index contributed by atoms with van der Waals surface area (Å²) in [4.78, 5) is 25.5. The molecule has 0 saturated carbocycles. The van der Waals surface area contributed by atoms with Crippen LogP contribution in [0.2, 0.25) is 0 Å². The van der Waals surface area contributed by atoms with Gasteiger partial charge in [-0.1, -0.05) is 12.1 Å². The largest absolute Gasteiger partial charge is 0.274 e. The standard InChI is InChI=1S/C16H16N4O/c21-16-13-6-4-10-19(13)15(12-5-3-8-17-11-12)20(16)14-7-1-2-9-18-14/h1-3,5,7-9,11,13,15H,4,6,10H2/t13-,15-/m1/s1. The Morgan fingerprint density at radius 1 is 1.14 bits per heavy atom. The molecule has 0 aliphatic carbocycles. The summed E-state index contributed by atoms with van der Waals surface area (Å²) < 4.78 is 0. The Labute approximate surface area is 123 Å². The van der Waals surface area contributed by atoms with E-state index < -0.39 is 0 Å². The van der Waals surface area contributed by atoms with E-state index in [0.29, 0.717) is 5.82 Å². The molecule has 0 aromatic carbocycles. The number of carbonyl (C=O) groups is 1. The zero-order chi connectivity index (χ0) is 14.2. The lowest BCUT2D eigenvalue weighted by atomic mass is 10.2. The van der Waals surface area contributed by atoms with E-state index in [0.717, 1.165) is 24.9 Å². The molecular weight excluding hydrogens is 264 g/mol. The molecule has 0 N–H and O–H groups in total. The fourth-order valence-electron chi connectivity index (χ4n) is 3.38. The molecule has 2 aliphatic rings. The van der Waals surface area contributed by atoms with E-state index in [1.807, 2.05) is 41.4 Å². The lowest BCUT2D eigenvalue weighted by Crippen LogP contribution is -2.32. The molecule has 4 rings (SSSR count). The third-order valence-corrected chi connectivity index (χ3v) is 4.25. The van der Waals surface area contributed by atoms with E-state index in [1.165, 1.54) is 0 Å². The van der Waals surface area contributed by atoms with E-state index in [-0.39, 0.29) is 18.1 Å². The van der Waals surface area contributed by atoms with Gasteiger partial charge >= 0.3 is 0 Å². The molecule has 0 unspecified atom stereocenters. The normalized spacial score (nSPS) is 25.3. The number of hydrogen-bond acceptors (Lipinski definition) is 4. The van der Waals surface area contributed by atoms with Crippen molar-refractivity contribution in [2.24, 2.45) is 0 Å². The second-order valence-electron chi connectivity index (χ2n) is 5.45. The van der Waals surface area contributed by atoms with E-state index in [2.05, 4.69) is 14.9 Å². The van der Waals surface area contributed by atoms with Crippen LogP contribution >= 0.6 is 0 Å². The quantitative estimate of drug-likeness (QED) is 0.844. The summed E-state index contributed by atoms with van der Waals surface area (Å²) >= 11 is 0. The van der Waals surface area contributed by atoms with E-state index in [4.69, 9.17) is 0 Å². The van der Waals surface area contributed by atoms with Crippen molar-refractivity contribution in [2.45, 2.75) is 25.0 Å². The number of hydrogen-bond donors (Lipinski definition) is 0. The van der Waals surface area contributed by atoms with Crippen LogP contribution in [0.15, 0.2) is 48.9 Å². The Morgan fingerprint density at radius 2 is 2.10 bits per heavy atom. The number of carbonyl (C=O) groups excluding carboxylic acids is 1. The number of nitrogens with zero attached hydrogens (tertiary/aromatic N) is 4. The van der Waals surface area contributed by atoms with Gasteiger partial charge in [-0.05, 0) is 31.0 Å². The van der Waals surface area contributed by atoms with Gasteiger partial charge < -0.3 is 0 Å². The molecule has 2 saturated heterocycles. The van der Waals surface area contributed by atoms with Gasteiger partial charge in [-0.15, -0.1) is 0 Å². The third kappa shape index (κ3) is 1.93. The molecule has 106 valence electrons. The van der Waals surface area contributed by atoms with E-state index in [9.17, 15) is 4.79 Å². The minimum Gasteiger partial charge on any atom is -0.274 e. The molecule has 0 bridgehead atoms. The first-order valence-corrected chi connectivity index (χ1v) is 7.26. The van der Waals surface area contributed by atoms with Crippen LogP contribution in [0.5, 0.6) is 0 Å². The maximum absolute atomic E-state index is 12.8. The lowest BCUT2D eigenvalue weighted by Gasteiger charge is -2.28. The van der Waals surface area contributed by atoms with Crippen molar-refractivity contribution in [3.8, 4) is 0 Å². The number of aromatic nitrogens is 2. The molecule has 4 heterocycles. The summed E-state index contributed by atoms with van der Waals surface area (Å²) in [5, 5.41) is 0. The minimum atomic E-state index is -0.0893. The van der Waals surface area contributed by atoms with Crippen molar-refractivity contribution in [3.63, 3.8) is 0 Å². The van der Waals surface area contributed by atoms with Crippen LogP contribution in [-0.2, 0) is 4.79 Å². The number of pyridine rings is 2. The average Bonchev–Trinajstić information content (AvgIpc) is 3.11. The average molecular weight is 280 g/mol. The fraction of sp³-hybridized carbons (Fsp3) is 0.312. The smallest absolute Gasteiger partial charge is 0.247 e. The first kappa shape index (κ1) is 12.5. The Balaban J connectivity index is 1.81. The Hall–Kier alpha value is -2.27. The topological polar surface area (TPSA) is 49.3 Å². The van der Waals surface area contributed by atoms with Crippen molar-refractivity contribution >= 4 is 11.7 Å². The van der Waals surface area contributed by atoms with Gasteiger partial charge in [-0.2, -0.15) is 0 Å². The maximum Gasteiger partial charge on any atom is 0.247 e. The number of fused-ring (bicyclic) bond motifs is 1. The SMILES string of the molecule is O=C1[C@H]2CCCN2[C@@H](c2cccnc2)N1c1ccccn1. The molecule has 2 aromatic heterocycles. The number of amides is 1. The predicted octanol–water partition coefficient (Wildman–Crippen LogP) is 1.99. The van der Waals surface area contributed by atoms with Gasteiger partial charge in [0.2, 0.25) is 5.91 Å². The highest BCUT2D eigenvalue weighted by Crippen LogP contribution is 2.41. The molecule has 0 spiro atoms. The minimum absolute atomic E-state index is 0.0165. The van der Waals surface area contributed by atoms with E-state index >= 15 is 0 Å². The fourth-order valence-corrected chi connectivity index (χ4v) is 3.38. The summed E-state index contributed by atoms with van der Waals surface area (Å²) in [5.41, 5.74) is 1.04. The summed E-state index contributed by atoms with van der Waals surface area (Å²) in [6, 6.07) is 9.60. The highest BCUT2D eigenvalue weighted by molar-refractivity contribution is 5.99. The molecule has 5 nitrogen and oxygen atoms in total. The molecule has 2 atom stereocenters. The van der Waals surface area contributed by atoms with Crippen LogP contribution < -0.4 is 4.90 Å². The first-order valence-electron chi connectivity index (χ1n) is 7.26. The van der Waals surface area contributed by atoms with Crippen molar-refractivity contribution in [1.29, 1.82) is 0 Å². The Bertz CT molecular complexity index is 646. The maximum atomic E-state index is 12.8. The molecule has 1 amide bonds. The van der Waals surface area contributed by atoms with Gasteiger partial charge in [0, 0.05) is 30.7 Å². The van der Waals surface area contributed by atoms with Crippen LogP contribution in [-0.4, -0.2) is 33.4 Å². The second kappa shape index (κ2) is 4.93. The van der Waals surface area contributed by atoms with E-state index in [1.54, 1.807) is 12.4 Å². The first-order chi connectivity index (χ1) is 10.4.